The highest BCUT2D eigenvalue weighted by Crippen LogP contribution is 2.28. The molecule has 1 aliphatic carbocycles. The van der Waals surface area contributed by atoms with Crippen LogP contribution in [0.15, 0.2) is 6.20 Å². The summed E-state index contributed by atoms with van der Waals surface area (Å²) in [6.07, 6.45) is 10.0. The number of amides is 1. The topological polar surface area (TPSA) is 63.1 Å². The van der Waals surface area contributed by atoms with E-state index in [4.69, 9.17) is 0 Å². The molecule has 1 N–H and O–H groups in total. The molecule has 7 heteroatoms. The molecule has 3 aliphatic rings. The minimum absolute atomic E-state index is 0.0615. The highest BCUT2D eigenvalue weighted by atomic mass is 32.2. The molecule has 2 saturated heterocycles. The summed E-state index contributed by atoms with van der Waals surface area (Å²) in [6.45, 7) is 2.28. The predicted octanol–water partition coefficient (Wildman–Crippen LogP) is 2.09. The van der Waals surface area contributed by atoms with E-state index in [0.717, 1.165) is 44.8 Å². The Hall–Kier alpha value is -1.08. The number of thioether (sulfide) groups is 1. The Morgan fingerprint density at radius 3 is 2.62 bits per heavy atom. The standard InChI is InChI=1S/C17H27N5OS/c23-17(18-13-3-1-2-4-13)16-11-22(20-19-16)14-5-8-21(9-6-14)15-7-10-24-12-15/h11,13-15H,1-10,12H2,(H,18,23). The molecule has 132 valence electrons. The van der Waals surface area contributed by atoms with Gasteiger partial charge in [-0.05, 0) is 37.9 Å². The van der Waals surface area contributed by atoms with E-state index in [1.165, 1.54) is 30.8 Å². The number of carbonyl (C=O) groups excluding carboxylic acids is 1. The number of piperidine rings is 1. The molecular formula is C17H27N5OS. The molecule has 2 aliphatic heterocycles. The van der Waals surface area contributed by atoms with Gasteiger partial charge in [0.1, 0.15) is 0 Å². The van der Waals surface area contributed by atoms with Crippen LogP contribution in [0.3, 0.4) is 0 Å². The first-order valence-electron chi connectivity index (χ1n) is 9.34. The summed E-state index contributed by atoms with van der Waals surface area (Å²) in [5.41, 5.74) is 0.469. The van der Waals surface area contributed by atoms with Crippen LogP contribution in [-0.4, -0.2) is 62.5 Å². The third-order valence-corrected chi connectivity index (χ3v) is 6.87. The van der Waals surface area contributed by atoms with Gasteiger partial charge in [0.25, 0.3) is 5.91 Å². The monoisotopic (exact) mass is 349 g/mol. The second-order valence-electron chi connectivity index (χ2n) is 7.32. The third kappa shape index (κ3) is 3.61. The van der Waals surface area contributed by atoms with Crippen LogP contribution in [0.5, 0.6) is 0 Å². The number of nitrogens with zero attached hydrogens (tertiary/aromatic N) is 4. The summed E-state index contributed by atoms with van der Waals surface area (Å²) in [5.74, 6) is 2.54. The normalized spacial score (nSPS) is 26.9. The van der Waals surface area contributed by atoms with Crippen LogP contribution in [0, 0.1) is 0 Å². The van der Waals surface area contributed by atoms with Crippen LogP contribution in [0.1, 0.15) is 61.5 Å². The van der Waals surface area contributed by atoms with Crippen molar-refractivity contribution in [2.75, 3.05) is 24.6 Å². The fourth-order valence-electron chi connectivity index (χ4n) is 4.21. The number of rotatable bonds is 4. The van der Waals surface area contributed by atoms with Gasteiger partial charge in [0, 0.05) is 30.9 Å². The van der Waals surface area contributed by atoms with Crippen molar-refractivity contribution in [2.45, 2.75) is 63.1 Å². The molecule has 4 rings (SSSR count). The average Bonchev–Trinajstić information content (AvgIpc) is 3.36. The van der Waals surface area contributed by atoms with E-state index in [-0.39, 0.29) is 5.91 Å². The van der Waals surface area contributed by atoms with Gasteiger partial charge in [-0.15, -0.1) is 5.10 Å². The molecule has 1 saturated carbocycles. The molecule has 3 heterocycles. The Balaban J connectivity index is 1.31. The van der Waals surface area contributed by atoms with E-state index in [0.29, 0.717) is 17.8 Å². The summed E-state index contributed by atoms with van der Waals surface area (Å²) in [6, 6.07) is 1.49. The van der Waals surface area contributed by atoms with Gasteiger partial charge in [0.05, 0.1) is 12.2 Å². The summed E-state index contributed by atoms with van der Waals surface area (Å²) in [7, 11) is 0. The number of likely N-dealkylation sites (tertiary alicyclic amines) is 1. The summed E-state index contributed by atoms with van der Waals surface area (Å²) < 4.78 is 1.92. The fraction of sp³-hybridized carbons (Fsp3) is 0.824. The predicted molar refractivity (Wildman–Crippen MR) is 95.3 cm³/mol. The largest absolute Gasteiger partial charge is 0.348 e. The second-order valence-corrected chi connectivity index (χ2v) is 8.47. The van der Waals surface area contributed by atoms with E-state index in [1.807, 2.05) is 10.9 Å². The average molecular weight is 350 g/mol. The summed E-state index contributed by atoms with van der Waals surface area (Å²) in [4.78, 5) is 14.9. The smallest absolute Gasteiger partial charge is 0.273 e. The van der Waals surface area contributed by atoms with Gasteiger partial charge in [-0.1, -0.05) is 18.1 Å². The molecule has 1 aromatic heterocycles. The van der Waals surface area contributed by atoms with Crippen molar-refractivity contribution in [1.29, 1.82) is 0 Å². The summed E-state index contributed by atoms with van der Waals surface area (Å²) in [5, 5.41) is 11.4. The van der Waals surface area contributed by atoms with Gasteiger partial charge in [0.15, 0.2) is 5.69 Å². The molecule has 0 radical (unpaired) electrons. The zero-order valence-electron chi connectivity index (χ0n) is 14.2. The molecule has 1 unspecified atom stereocenters. The zero-order valence-corrected chi connectivity index (χ0v) is 15.0. The molecule has 6 nitrogen and oxygen atoms in total. The Morgan fingerprint density at radius 2 is 1.92 bits per heavy atom. The summed E-state index contributed by atoms with van der Waals surface area (Å²) >= 11 is 2.08. The van der Waals surface area contributed by atoms with Crippen molar-refractivity contribution in [1.82, 2.24) is 25.2 Å². The fourth-order valence-corrected chi connectivity index (χ4v) is 5.47. The Bertz CT molecular complexity index is 557. The zero-order chi connectivity index (χ0) is 16.4. The minimum atomic E-state index is -0.0615. The maximum Gasteiger partial charge on any atom is 0.273 e. The highest BCUT2D eigenvalue weighted by Gasteiger charge is 2.29. The van der Waals surface area contributed by atoms with Gasteiger partial charge >= 0.3 is 0 Å². The minimum Gasteiger partial charge on any atom is -0.348 e. The van der Waals surface area contributed by atoms with Crippen molar-refractivity contribution >= 4 is 17.7 Å². The number of hydrogen-bond donors (Lipinski definition) is 1. The third-order valence-electron chi connectivity index (χ3n) is 5.73. The van der Waals surface area contributed by atoms with Crippen LogP contribution in [0.2, 0.25) is 0 Å². The molecule has 1 aromatic rings. The Kier molecular flexibility index (Phi) is 5.08. The molecular weight excluding hydrogens is 322 g/mol. The van der Waals surface area contributed by atoms with E-state index >= 15 is 0 Å². The van der Waals surface area contributed by atoms with Crippen molar-refractivity contribution in [3.63, 3.8) is 0 Å². The molecule has 1 atom stereocenters. The molecule has 0 bridgehead atoms. The molecule has 0 aromatic carbocycles. The lowest BCUT2D eigenvalue weighted by Gasteiger charge is -2.35. The van der Waals surface area contributed by atoms with Crippen LogP contribution >= 0.6 is 11.8 Å². The Labute approximate surface area is 147 Å². The number of carbonyl (C=O) groups is 1. The van der Waals surface area contributed by atoms with Gasteiger partial charge in [-0.25, -0.2) is 4.68 Å². The molecule has 0 spiro atoms. The second kappa shape index (κ2) is 7.44. The van der Waals surface area contributed by atoms with Crippen molar-refractivity contribution < 1.29 is 4.79 Å². The van der Waals surface area contributed by atoms with Gasteiger partial charge in [-0.3, -0.25) is 9.69 Å². The quantitative estimate of drug-likeness (QED) is 0.902. The molecule has 24 heavy (non-hydrogen) atoms. The van der Waals surface area contributed by atoms with E-state index in [2.05, 4.69) is 32.3 Å². The van der Waals surface area contributed by atoms with Crippen LogP contribution in [0.25, 0.3) is 0 Å². The van der Waals surface area contributed by atoms with E-state index < -0.39 is 0 Å². The van der Waals surface area contributed by atoms with Crippen LogP contribution < -0.4 is 5.32 Å². The van der Waals surface area contributed by atoms with E-state index in [1.54, 1.807) is 0 Å². The maximum absolute atomic E-state index is 12.3. The SMILES string of the molecule is O=C(NC1CCCC1)c1cn(C2CCN(C3CCSC3)CC2)nn1. The maximum atomic E-state index is 12.3. The van der Waals surface area contributed by atoms with Crippen molar-refractivity contribution in [2.24, 2.45) is 0 Å². The highest BCUT2D eigenvalue weighted by molar-refractivity contribution is 7.99. The number of nitrogens with one attached hydrogen (secondary N) is 1. The van der Waals surface area contributed by atoms with Gasteiger partial charge in [-0.2, -0.15) is 11.8 Å². The van der Waals surface area contributed by atoms with Gasteiger partial charge in [0.2, 0.25) is 0 Å². The first kappa shape index (κ1) is 16.4. The number of aromatic nitrogens is 3. The van der Waals surface area contributed by atoms with Crippen LogP contribution in [0.4, 0.5) is 0 Å². The Morgan fingerprint density at radius 1 is 1.12 bits per heavy atom. The van der Waals surface area contributed by atoms with Crippen molar-refractivity contribution in [3.8, 4) is 0 Å². The van der Waals surface area contributed by atoms with Gasteiger partial charge < -0.3 is 5.32 Å². The molecule has 1 amide bonds. The molecule has 3 fully saturated rings. The first-order chi connectivity index (χ1) is 11.8. The first-order valence-corrected chi connectivity index (χ1v) is 10.5. The lowest BCUT2D eigenvalue weighted by Crippen LogP contribution is -2.42. The lowest BCUT2D eigenvalue weighted by molar-refractivity contribution is 0.0932. The van der Waals surface area contributed by atoms with Crippen LogP contribution in [-0.2, 0) is 0 Å². The van der Waals surface area contributed by atoms with Crippen molar-refractivity contribution in [3.05, 3.63) is 11.9 Å². The van der Waals surface area contributed by atoms with E-state index in [9.17, 15) is 4.79 Å². The lowest BCUT2D eigenvalue weighted by atomic mass is 10.0. The number of hydrogen-bond acceptors (Lipinski definition) is 5.